The average molecular weight is 221 g/mol. The monoisotopic (exact) mass is 221 g/mol. The van der Waals surface area contributed by atoms with Gasteiger partial charge in [-0.25, -0.2) is 0 Å². The van der Waals surface area contributed by atoms with E-state index in [9.17, 15) is 5.11 Å². The van der Waals surface area contributed by atoms with Crippen molar-refractivity contribution in [2.75, 3.05) is 18.0 Å². The zero-order valence-electron chi connectivity index (χ0n) is 9.93. The van der Waals surface area contributed by atoms with Crippen LogP contribution in [-0.4, -0.2) is 34.5 Å². The third kappa shape index (κ3) is 2.50. The maximum Gasteiger partial charge on any atom is 0.0730 e. The number of aryl methyl sites for hydroxylation is 1. The van der Waals surface area contributed by atoms with Crippen LogP contribution in [0.25, 0.3) is 0 Å². The smallest absolute Gasteiger partial charge is 0.0730 e. The summed E-state index contributed by atoms with van der Waals surface area (Å²) in [4.78, 5) is 2.29. The maximum atomic E-state index is 9.64. The SMILES string of the molecule is Cc1cc(N2CCCC(C(C)O)C2)cnn1. The standard InChI is InChI=1S/C12H19N3O/c1-9-6-12(7-13-14-9)15-5-3-4-11(8-15)10(2)16/h6-7,10-11,16H,3-5,8H2,1-2H3. The highest BCUT2D eigenvalue weighted by molar-refractivity contribution is 5.44. The Balaban J connectivity index is 2.09. The third-order valence-corrected chi connectivity index (χ3v) is 3.27. The van der Waals surface area contributed by atoms with Gasteiger partial charge < -0.3 is 10.0 Å². The number of anilines is 1. The number of aromatic nitrogens is 2. The van der Waals surface area contributed by atoms with Crippen molar-refractivity contribution in [3.8, 4) is 0 Å². The fourth-order valence-corrected chi connectivity index (χ4v) is 2.27. The predicted molar refractivity (Wildman–Crippen MR) is 63.4 cm³/mol. The Labute approximate surface area is 96.3 Å². The van der Waals surface area contributed by atoms with Crippen LogP contribution >= 0.6 is 0 Å². The Kier molecular flexibility index (Phi) is 3.39. The van der Waals surface area contributed by atoms with Crippen LogP contribution in [0, 0.1) is 12.8 Å². The van der Waals surface area contributed by atoms with Crippen molar-refractivity contribution in [2.24, 2.45) is 5.92 Å². The summed E-state index contributed by atoms with van der Waals surface area (Å²) in [5.74, 6) is 0.377. The molecule has 1 fully saturated rings. The molecule has 1 saturated heterocycles. The van der Waals surface area contributed by atoms with Gasteiger partial charge in [0.15, 0.2) is 0 Å². The van der Waals surface area contributed by atoms with E-state index in [1.807, 2.05) is 13.8 Å². The lowest BCUT2D eigenvalue weighted by atomic mass is 9.93. The van der Waals surface area contributed by atoms with Crippen LogP contribution < -0.4 is 4.90 Å². The fourth-order valence-electron chi connectivity index (χ4n) is 2.27. The Morgan fingerprint density at radius 3 is 3.06 bits per heavy atom. The minimum Gasteiger partial charge on any atom is -0.393 e. The Bertz CT molecular complexity index is 354. The second-order valence-electron chi connectivity index (χ2n) is 4.64. The van der Waals surface area contributed by atoms with Gasteiger partial charge in [0, 0.05) is 19.0 Å². The highest BCUT2D eigenvalue weighted by Gasteiger charge is 2.23. The summed E-state index contributed by atoms with van der Waals surface area (Å²) in [6, 6.07) is 2.05. The quantitative estimate of drug-likeness (QED) is 0.819. The van der Waals surface area contributed by atoms with E-state index in [0.29, 0.717) is 5.92 Å². The lowest BCUT2D eigenvalue weighted by Crippen LogP contribution is -2.39. The van der Waals surface area contributed by atoms with Gasteiger partial charge in [0.1, 0.15) is 0 Å². The van der Waals surface area contributed by atoms with Crippen molar-refractivity contribution >= 4 is 5.69 Å². The van der Waals surface area contributed by atoms with Gasteiger partial charge >= 0.3 is 0 Å². The van der Waals surface area contributed by atoms with Crippen LogP contribution in [0.3, 0.4) is 0 Å². The summed E-state index contributed by atoms with van der Waals surface area (Å²) in [7, 11) is 0. The van der Waals surface area contributed by atoms with E-state index in [0.717, 1.165) is 37.3 Å². The molecule has 2 rings (SSSR count). The predicted octanol–water partition coefficient (Wildman–Crippen LogP) is 1.38. The number of hydrogen-bond donors (Lipinski definition) is 1. The van der Waals surface area contributed by atoms with E-state index in [1.165, 1.54) is 0 Å². The lowest BCUT2D eigenvalue weighted by Gasteiger charge is -2.35. The van der Waals surface area contributed by atoms with Crippen LogP contribution in [0.5, 0.6) is 0 Å². The first-order valence-corrected chi connectivity index (χ1v) is 5.89. The van der Waals surface area contributed by atoms with Gasteiger partial charge in [-0.2, -0.15) is 10.2 Å². The van der Waals surface area contributed by atoms with Crippen molar-refractivity contribution in [1.82, 2.24) is 10.2 Å². The van der Waals surface area contributed by atoms with Gasteiger partial charge in [0.25, 0.3) is 0 Å². The Morgan fingerprint density at radius 1 is 1.56 bits per heavy atom. The number of aliphatic hydroxyl groups excluding tert-OH is 1. The molecule has 16 heavy (non-hydrogen) atoms. The van der Waals surface area contributed by atoms with Gasteiger partial charge in [-0.3, -0.25) is 0 Å². The maximum absolute atomic E-state index is 9.64. The number of piperidine rings is 1. The number of rotatable bonds is 2. The second kappa shape index (κ2) is 4.78. The molecule has 1 aliphatic heterocycles. The molecular weight excluding hydrogens is 202 g/mol. The molecule has 0 bridgehead atoms. The van der Waals surface area contributed by atoms with Crippen LogP contribution in [0.2, 0.25) is 0 Å². The Hall–Kier alpha value is -1.16. The topological polar surface area (TPSA) is 49.2 Å². The summed E-state index contributed by atoms with van der Waals surface area (Å²) in [6.07, 6.45) is 3.83. The van der Waals surface area contributed by atoms with E-state index < -0.39 is 0 Å². The van der Waals surface area contributed by atoms with E-state index in [2.05, 4.69) is 21.2 Å². The van der Waals surface area contributed by atoms with Crippen molar-refractivity contribution in [3.63, 3.8) is 0 Å². The van der Waals surface area contributed by atoms with Crippen molar-refractivity contribution in [3.05, 3.63) is 18.0 Å². The molecule has 4 nitrogen and oxygen atoms in total. The summed E-state index contributed by atoms with van der Waals surface area (Å²) < 4.78 is 0. The fraction of sp³-hybridized carbons (Fsp3) is 0.667. The van der Waals surface area contributed by atoms with Crippen molar-refractivity contribution in [1.29, 1.82) is 0 Å². The first-order valence-electron chi connectivity index (χ1n) is 5.89. The third-order valence-electron chi connectivity index (χ3n) is 3.27. The molecule has 0 amide bonds. The summed E-state index contributed by atoms with van der Waals surface area (Å²) in [5.41, 5.74) is 2.06. The van der Waals surface area contributed by atoms with Gasteiger partial charge in [0.05, 0.1) is 23.7 Å². The van der Waals surface area contributed by atoms with E-state index in [1.54, 1.807) is 6.20 Å². The molecule has 0 radical (unpaired) electrons. The molecule has 0 aromatic carbocycles. The summed E-state index contributed by atoms with van der Waals surface area (Å²) >= 11 is 0. The van der Waals surface area contributed by atoms with Crippen LogP contribution in [0.15, 0.2) is 12.3 Å². The molecule has 2 unspecified atom stereocenters. The minimum atomic E-state index is -0.223. The Morgan fingerprint density at radius 2 is 2.38 bits per heavy atom. The number of nitrogens with zero attached hydrogens (tertiary/aromatic N) is 3. The van der Waals surface area contributed by atoms with Gasteiger partial charge in [-0.05, 0) is 32.8 Å². The molecule has 2 atom stereocenters. The summed E-state index contributed by atoms with van der Waals surface area (Å²) in [6.45, 7) is 5.80. The molecule has 4 heteroatoms. The van der Waals surface area contributed by atoms with Gasteiger partial charge in [-0.1, -0.05) is 0 Å². The minimum absolute atomic E-state index is 0.223. The molecule has 88 valence electrons. The molecule has 1 N–H and O–H groups in total. The highest BCUT2D eigenvalue weighted by Crippen LogP contribution is 2.24. The van der Waals surface area contributed by atoms with E-state index in [4.69, 9.17) is 0 Å². The zero-order chi connectivity index (χ0) is 11.5. The van der Waals surface area contributed by atoms with Crippen LogP contribution in [0.1, 0.15) is 25.5 Å². The lowest BCUT2D eigenvalue weighted by molar-refractivity contribution is 0.115. The van der Waals surface area contributed by atoms with Crippen LogP contribution in [0.4, 0.5) is 5.69 Å². The van der Waals surface area contributed by atoms with Gasteiger partial charge in [-0.15, -0.1) is 0 Å². The average Bonchev–Trinajstić information content (AvgIpc) is 2.29. The molecule has 0 aliphatic carbocycles. The van der Waals surface area contributed by atoms with Crippen molar-refractivity contribution < 1.29 is 5.11 Å². The largest absolute Gasteiger partial charge is 0.393 e. The molecule has 1 aromatic heterocycles. The zero-order valence-corrected chi connectivity index (χ0v) is 9.93. The molecule has 1 aliphatic rings. The van der Waals surface area contributed by atoms with Crippen molar-refractivity contribution in [2.45, 2.75) is 32.8 Å². The van der Waals surface area contributed by atoms with E-state index in [-0.39, 0.29) is 6.10 Å². The number of aliphatic hydroxyl groups is 1. The highest BCUT2D eigenvalue weighted by atomic mass is 16.3. The number of hydrogen-bond acceptors (Lipinski definition) is 4. The van der Waals surface area contributed by atoms with Gasteiger partial charge in [0.2, 0.25) is 0 Å². The normalized spacial score (nSPS) is 23.2. The summed E-state index contributed by atoms with van der Waals surface area (Å²) in [5, 5.41) is 17.6. The molecule has 0 spiro atoms. The molecular formula is C12H19N3O. The molecule has 1 aromatic rings. The van der Waals surface area contributed by atoms with Crippen LogP contribution in [-0.2, 0) is 0 Å². The molecule has 2 heterocycles. The first kappa shape index (κ1) is 11.3. The molecule has 0 saturated carbocycles. The van der Waals surface area contributed by atoms with E-state index >= 15 is 0 Å². The second-order valence-corrected chi connectivity index (χ2v) is 4.64. The first-order chi connectivity index (χ1) is 7.66.